The van der Waals surface area contributed by atoms with Gasteiger partial charge in [0.15, 0.2) is 0 Å². The third-order valence-electron chi connectivity index (χ3n) is 5.00. The molecule has 1 aromatic carbocycles. The molecule has 1 fully saturated rings. The summed E-state index contributed by atoms with van der Waals surface area (Å²) in [7, 11) is -3.35. The third kappa shape index (κ3) is 4.92. The monoisotopic (exact) mass is 424 g/mol. The van der Waals surface area contributed by atoms with Crippen molar-refractivity contribution in [2.75, 3.05) is 36.4 Å². The number of anilines is 3. The highest BCUT2D eigenvalue weighted by atomic mass is 32.2. The Morgan fingerprint density at radius 2 is 1.70 bits per heavy atom. The number of nitrogens with one attached hydrogen (secondary N) is 1. The van der Waals surface area contributed by atoms with Gasteiger partial charge in [-0.2, -0.15) is 4.31 Å². The number of benzene rings is 1. The van der Waals surface area contributed by atoms with Crippen LogP contribution in [-0.4, -0.2) is 53.9 Å². The van der Waals surface area contributed by atoms with Gasteiger partial charge in [-0.1, -0.05) is 35.9 Å². The molecule has 1 saturated heterocycles. The normalized spacial score (nSPS) is 15.2. The van der Waals surface area contributed by atoms with Crippen molar-refractivity contribution in [3.8, 4) is 0 Å². The molecule has 4 rings (SSSR count). The Bertz CT molecular complexity index is 1080. The summed E-state index contributed by atoms with van der Waals surface area (Å²) >= 11 is 0. The Morgan fingerprint density at radius 3 is 2.40 bits per heavy atom. The highest BCUT2D eigenvalue weighted by Gasteiger charge is 2.27. The molecular weight excluding hydrogens is 400 g/mol. The predicted octanol–water partition coefficient (Wildman–Crippen LogP) is 2.58. The van der Waals surface area contributed by atoms with Gasteiger partial charge in [0.2, 0.25) is 10.0 Å². The van der Waals surface area contributed by atoms with Crippen LogP contribution in [0.1, 0.15) is 11.1 Å². The number of piperazine rings is 1. The largest absolute Gasteiger partial charge is 0.354 e. The fourth-order valence-electron chi connectivity index (χ4n) is 3.34. The standard InChI is InChI=1S/C21H24N6O2S/c1-17-5-7-18(8-6-17)15-30(28,29)27-12-10-26(11-13-27)21-14-20(23-16-24-21)25-19-4-2-3-9-22-19/h2-9,14,16H,10-13,15H2,1H3,(H,22,23,24,25). The lowest BCUT2D eigenvalue weighted by molar-refractivity contribution is 0.383. The number of hydrogen-bond donors (Lipinski definition) is 1. The van der Waals surface area contributed by atoms with Crippen LogP contribution in [0.4, 0.5) is 17.5 Å². The minimum absolute atomic E-state index is 0.0267. The molecule has 156 valence electrons. The Morgan fingerprint density at radius 1 is 0.933 bits per heavy atom. The van der Waals surface area contributed by atoms with Crippen LogP contribution in [0.25, 0.3) is 0 Å². The number of sulfonamides is 1. The van der Waals surface area contributed by atoms with E-state index in [1.54, 1.807) is 10.5 Å². The van der Waals surface area contributed by atoms with Crippen molar-refractivity contribution >= 4 is 27.5 Å². The molecule has 0 aliphatic carbocycles. The first-order chi connectivity index (χ1) is 14.5. The van der Waals surface area contributed by atoms with Crippen LogP contribution in [0.15, 0.2) is 61.1 Å². The van der Waals surface area contributed by atoms with E-state index in [4.69, 9.17) is 0 Å². The molecule has 0 saturated carbocycles. The van der Waals surface area contributed by atoms with Crippen molar-refractivity contribution in [1.82, 2.24) is 19.3 Å². The predicted molar refractivity (Wildman–Crippen MR) is 117 cm³/mol. The molecule has 0 spiro atoms. The smallest absolute Gasteiger partial charge is 0.218 e. The average Bonchev–Trinajstić information content (AvgIpc) is 2.76. The van der Waals surface area contributed by atoms with Gasteiger partial charge in [-0.25, -0.2) is 23.4 Å². The van der Waals surface area contributed by atoms with E-state index < -0.39 is 10.0 Å². The molecule has 0 bridgehead atoms. The Labute approximate surface area is 176 Å². The van der Waals surface area contributed by atoms with Gasteiger partial charge < -0.3 is 10.2 Å². The van der Waals surface area contributed by atoms with Crippen LogP contribution in [0.2, 0.25) is 0 Å². The lowest BCUT2D eigenvalue weighted by atomic mass is 10.2. The van der Waals surface area contributed by atoms with E-state index in [2.05, 4.69) is 25.2 Å². The number of nitrogens with zero attached hydrogens (tertiary/aromatic N) is 5. The molecular formula is C21H24N6O2S. The minimum atomic E-state index is -3.35. The van der Waals surface area contributed by atoms with E-state index in [9.17, 15) is 8.42 Å². The maximum atomic E-state index is 12.8. The minimum Gasteiger partial charge on any atom is -0.354 e. The van der Waals surface area contributed by atoms with Gasteiger partial charge in [-0.3, -0.25) is 0 Å². The Kier molecular flexibility index (Phi) is 5.91. The molecule has 2 aromatic heterocycles. The zero-order valence-electron chi connectivity index (χ0n) is 16.8. The van der Waals surface area contributed by atoms with Crippen LogP contribution >= 0.6 is 0 Å². The molecule has 0 amide bonds. The fraction of sp³-hybridized carbons (Fsp3) is 0.286. The van der Waals surface area contributed by atoms with Crippen molar-refractivity contribution in [3.05, 3.63) is 72.2 Å². The zero-order valence-corrected chi connectivity index (χ0v) is 17.6. The first-order valence-corrected chi connectivity index (χ1v) is 11.4. The highest BCUT2D eigenvalue weighted by Crippen LogP contribution is 2.20. The van der Waals surface area contributed by atoms with Crippen molar-refractivity contribution in [2.24, 2.45) is 0 Å². The van der Waals surface area contributed by atoms with Gasteiger partial charge in [0, 0.05) is 38.4 Å². The second kappa shape index (κ2) is 8.76. The molecule has 1 aliphatic rings. The number of hydrogen-bond acceptors (Lipinski definition) is 7. The summed E-state index contributed by atoms with van der Waals surface area (Å²) in [5.74, 6) is 2.14. The third-order valence-corrected chi connectivity index (χ3v) is 6.85. The summed E-state index contributed by atoms with van der Waals surface area (Å²) in [5, 5.41) is 3.15. The number of aryl methyl sites for hydroxylation is 1. The van der Waals surface area contributed by atoms with Crippen LogP contribution in [0.5, 0.6) is 0 Å². The van der Waals surface area contributed by atoms with Crippen molar-refractivity contribution in [3.63, 3.8) is 0 Å². The average molecular weight is 425 g/mol. The van der Waals surface area contributed by atoms with E-state index in [0.29, 0.717) is 37.8 Å². The van der Waals surface area contributed by atoms with E-state index in [-0.39, 0.29) is 5.75 Å². The van der Waals surface area contributed by atoms with Crippen LogP contribution in [0, 0.1) is 6.92 Å². The summed E-state index contributed by atoms with van der Waals surface area (Å²) < 4.78 is 27.2. The van der Waals surface area contributed by atoms with Crippen LogP contribution in [-0.2, 0) is 15.8 Å². The van der Waals surface area contributed by atoms with Gasteiger partial charge in [-0.05, 0) is 24.6 Å². The lowest BCUT2D eigenvalue weighted by Crippen LogP contribution is -2.49. The quantitative estimate of drug-likeness (QED) is 0.650. The van der Waals surface area contributed by atoms with E-state index in [0.717, 1.165) is 16.9 Å². The molecule has 0 unspecified atom stereocenters. The Hall–Kier alpha value is -3.04. The summed E-state index contributed by atoms with van der Waals surface area (Å²) in [4.78, 5) is 14.9. The van der Waals surface area contributed by atoms with E-state index >= 15 is 0 Å². The van der Waals surface area contributed by atoms with Crippen molar-refractivity contribution < 1.29 is 8.42 Å². The molecule has 0 radical (unpaired) electrons. The number of aromatic nitrogens is 3. The zero-order chi connectivity index (χ0) is 21.0. The molecule has 0 atom stereocenters. The maximum absolute atomic E-state index is 12.8. The van der Waals surface area contributed by atoms with E-state index in [1.807, 2.05) is 55.5 Å². The summed E-state index contributed by atoms with van der Waals surface area (Å²) in [6.45, 7) is 4.00. The van der Waals surface area contributed by atoms with Crippen LogP contribution in [0.3, 0.4) is 0 Å². The van der Waals surface area contributed by atoms with Crippen molar-refractivity contribution in [2.45, 2.75) is 12.7 Å². The lowest BCUT2D eigenvalue weighted by Gasteiger charge is -2.34. The molecule has 3 heterocycles. The van der Waals surface area contributed by atoms with Gasteiger partial charge in [0.1, 0.15) is 23.8 Å². The summed E-state index contributed by atoms with van der Waals surface area (Å²) in [5.41, 5.74) is 1.93. The molecule has 1 aliphatic heterocycles. The molecule has 1 N–H and O–H groups in total. The Balaban J connectivity index is 1.38. The van der Waals surface area contributed by atoms with Gasteiger partial charge in [0.25, 0.3) is 0 Å². The fourth-order valence-corrected chi connectivity index (χ4v) is 4.85. The van der Waals surface area contributed by atoms with Gasteiger partial charge >= 0.3 is 0 Å². The van der Waals surface area contributed by atoms with Gasteiger partial charge in [-0.15, -0.1) is 0 Å². The first-order valence-electron chi connectivity index (χ1n) is 9.78. The number of pyridine rings is 1. The molecule has 30 heavy (non-hydrogen) atoms. The summed E-state index contributed by atoms with van der Waals surface area (Å²) in [6, 6.07) is 15.1. The van der Waals surface area contributed by atoms with Crippen LogP contribution < -0.4 is 10.2 Å². The second-order valence-corrected chi connectivity index (χ2v) is 9.20. The van der Waals surface area contributed by atoms with Gasteiger partial charge in [0.05, 0.1) is 5.75 Å². The van der Waals surface area contributed by atoms with Crippen molar-refractivity contribution in [1.29, 1.82) is 0 Å². The highest BCUT2D eigenvalue weighted by molar-refractivity contribution is 7.88. The maximum Gasteiger partial charge on any atom is 0.218 e. The topological polar surface area (TPSA) is 91.3 Å². The summed E-state index contributed by atoms with van der Waals surface area (Å²) in [6.07, 6.45) is 3.21. The first kappa shape index (κ1) is 20.2. The second-order valence-electron chi connectivity index (χ2n) is 7.23. The SMILES string of the molecule is Cc1ccc(CS(=O)(=O)N2CCN(c3cc(Nc4ccccn4)ncn3)CC2)cc1. The molecule has 9 heteroatoms. The van der Waals surface area contributed by atoms with E-state index in [1.165, 1.54) is 6.33 Å². The number of rotatable bonds is 6. The molecule has 3 aromatic rings. The molecule has 8 nitrogen and oxygen atoms in total.